The summed E-state index contributed by atoms with van der Waals surface area (Å²) in [4.78, 5) is 8.95. The quantitative estimate of drug-likeness (QED) is 0.142. The molecule has 446 valence electrons. The number of aromatic nitrogens is 14. The van der Waals surface area contributed by atoms with Gasteiger partial charge in [-0.15, -0.1) is 9.97 Å². The van der Waals surface area contributed by atoms with Crippen molar-refractivity contribution in [1.82, 2.24) is 37.4 Å². The average Bonchev–Trinajstić information content (AvgIpc) is 2.02. The van der Waals surface area contributed by atoms with Crippen molar-refractivity contribution in [2.75, 3.05) is 0 Å². The highest BCUT2D eigenvalue weighted by atomic mass is 15.2. The van der Waals surface area contributed by atoms with Crippen LogP contribution in [0.2, 0.25) is 0 Å². The normalized spacial score (nSPS) is 11.5. The second-order valence-corrected chi connectivity index (χ2v) is 23.7. The summed E-state index contributed by atoms with van der Waals surface area (Å²) in [6, 6.07) is 91.8. The number of nitrogens with zero attached hydrogens (tertiary/aromatic N) is 14. The Morgan fingerprint density at radius 3 is 1.11 bits per heavy atom. The van der Waals surface area contributed by atoms with Crippen molar-refractivity contribution in [3.8, 4) is 45.5 Å². The van der Waals surface area contributed by atoms with Crippen LogP contribution in [0.4, 0.5) is 0 Å². The molecule has 8 heterocycles. The lowest BCUT2D eigenvalue weighted by Crippen LogP contribution is -2.28. The predicted molar refractivity (Wildman–Crippen MR) is 366 cm³/mol. The molecule has 0 aliphatic heterocycles. The van der Waals surface area contributed by atoms with Crippen LogP contribution >= 0.6 is 0 Å². The molecule has 18 rings (SSSR count). The molecule has 14 heteroatoms. The van der Waals surface area contributed by atoms with E-state index in [2.05, 4.69) is 363 Å². The van der Waals surface area contributed by atoms with Gasteiger partial charge < -0.3 is 0 Å². The van der Waals surface area contributed by atoms with Crippen molar-refractivity contribution < 1.29 is 27.4 Å². The van der Waals surface area contributed by atoms with E-state index in [4.69, 9.17) is 0 Å². The molecule has 8 aromatic heterocycles. The predicted octanol–water partition coefficient (Wildman–Crippen LogP) is 12.8. The minimum absolute atomic E-state index is 0.958. The first-order chi connectivity index (χ1) is 45.7. The van der Waals surface area contributed by atoms with Gasteiger partial charge in [0.1, 0.15) is 57.9 Å². The van der Waals surface area contributed by atoms with Gasteiger partial charge in [-0.3, -0.25) is 0 Å². The SMILES string of the molecule is C[n+]1cn(-c2cccc(-n3c[n+](C)c4cc5ccccc5cc43)c2)c2ccccc21.C[n+]1cn(-c2cccc(-n3c[n+](C)c4ncccc43)c2)c2cccnc21.Cc1cc(-n2c[n+](-c3ccccc3)c3ccccc32)cc(-n2c[n+](-c3ccccc3)c3ccccc32)c1. The molecule has 0 saturated heterocycles. The fourth-order valence-electron chi connectivity index (χ4n) is 13.2. The van der Waals surface area contributed by atoms with Crippen molar-refractivity contribution >= 4 is 77.2 Å². The first-order valence-corrected chi connectivity index (χ1v) is 31.1. The van der Waals surface area contributed by atoms with Crippen LogP contribution in [-0.2, 0) is 28.2 Å². The van der Waals surface area contributed by atoms with Crippen molar-refractivity contribution in [2.24, 2.45) is 28.2 Å². The second-order valence-electron chi connectivity index (χ2n) is 23.7. The van der Waals surface area contributed by atoms with Crippen LogP contribution in [0.15, 0.2) is 311 Å². The van der Waals surface area contributed by atoms with Crippen molar-refractivity contribution in [2.45, 2.75) is 6.92 Å². The van der Waals surface area contributed by atoms with Gasteiger partial charge in [-0.1, -0.05) is 109 Å². The maximum absolute atomic E-state index is 4.48. The van der Waals surface area contributed by atoms with E-state index >= 15 is 0 Å². The Kier molecular flexibility index (Phi) is 13.9. The van der Waals surface area contributed by atoms with E-state index in [0.29, 0.717) is 0 Å². The van der Waals surface area contributed by atoms with Gasteiger partial charge in [-0.2, -0.15) is 27.4 Å². The Balaban J connectivity index is 0.000000113. The number of hydrogen-bond donors (Lipinski definition) is 0. The topological polar surface area (TPSA) is 78.6 Å². The summed E-state index contributed by atoms with van der Waals surface area (Å²) in [6.45, 7) is 2.17. The molecule has 0 bridgehead atoms. The number of hydrogen-bond acceptors (Lipinski definition) is 2. The molecule has 0 unspecified atom stereocenters. The lowest BCUT2D eigenvalue weighted by atomic mass is 10.1. The maximum Gasteiger partial charge on any atom is 0.301 e. The summed E-state index contributed by atoms with van der Waals surface area (Å²) in [5, 5.41) is 2.52. The van der Waals surface area contributed by atoms with Crippen molar-refractivity contribution in [1.29, 1.82) is 0 Å². The van der Waals surface area contributed by atoms with Gasteiger partial charge in [-0.25, -0.2) is 27.4 Å². The number of rotatable bonds is 8. The number of aryl methyl sites for hydroxylation is 5. The third-order valence-electron chi connectivity index (χ3n) is 17.6. The second kappa shape index (κ2) is 23.2. The van der Waals surface area contributed by atoms with Gasteiger partial charge in [-0.05, 0) is 157 Å². The molecule has 18 aromatic rings. The van der Waals surface area contributed by atoms with Crippen LogP contribution in [0.1, 0.15) is 5.56 Å². The zero-order valence-electron chi connectivity index (χ0n) is 52.2. The summed E-state index contributed by atoms with van der Waals surface area (Å²) in [6.07, 6.45) is 16.5. The third kappa shape index (κ3) is 10.1. The van der Waals surface area contributed by atoms with Crippen molar-refractivity contribution in [3.63, 3.8) is 0 Å². The lowest BCUT2D eigenvalue weighted by Gasteiger charge is -2.04. The van der Waals surface area contributed by atoms with Gasteiger partial charge in [0, 0.05) is 18.2 Å². The van der Waals surface area contributed by atoms with E-state index < -0.39 is 0 Å². The summed E-state index contributed by atoms with van der Waals surface area (Å²) in [5.74, 6) is 0. The molecule has 10 aromatic carbocycles. The van der Waals surface area contributed by atoms with Crippen molar-refractivity contribution in [3.05, 3.63) is 317 Å². The molecule has 0 saturated carbocycles. The first-order valence-electron chi connectivity index (χ1n) is 31.1. The summed E-state index contributed by atoms with van der Waals surface area (Å²) in [5.41, 5.74) is 23.8. The average molecular weight is 1210 g/mol. The smallest absolute Gasteiger partial charge is 0.236 e. The zero-order valence-corrected chi connectivity index (χ0v) is 52.2. The highest BCUT2D eigenvalue weighted by Crippen LogP contribution is 2.29. The molecular weight excluding hydrogens is 1140 g/mol. The summed E-state index contributed by atoms with van der Waals surface area (Å²) < 4.78 is 26.4. The maximum atomic E-state index is 4.48. The van der Waals surface area contributed by atoms with E-state index in [1.165, 1.54) is 60.5 Å². The number of para-hydroxylation sites is 8. The van der Waals surface area contributed by atoms with Crippen LogP contribution in [0, 0.1) is 6.92 Å². The van der Waals surface area contributed by atoms with Gasteiger partial charge >= 0.3 is 11.3 Å². The Morgan fingerprint density at radius 2 is 0.613 bits per heavy atom. The van der Waals surface area contributed by atoms with Gasteiger partial charge in [0.2, 0.25) is 12.7 Å². The molecule has 0 aliphatic carbocycles. The van der Waals surface area contributed by atoms with E-state index in [0.717, 1.165) is 67.8 Å². The monoisotopic (exact) mass is 1210 g/mol. The van der Waals surface area contributed by atoms with Gasteiger partial charge in [0.15, 0.2) is 67.8 Å². The highest BCUT2D eigenvalue weighted by molar-refractivity contribution is 5.94. The molecule has 0 atom stereocenters. The summed E-state index contributed by atoms with van der Waals surface area (Å²) >= 11 is 0. The van der Waals surface area contributed by atoms with E-state index in [9.17, 15) is 0 Å². The summed E-state index contributed by atoms with van der Waals surface area (Å²) in [7, 11) is 8.23. The Hall–Kier alpha value is -12.4. The Morgan fingerprint density at radius 1 is 0.258 bits per heavy atom. The largest absolute Gasteiger partial charge is 0.301 e. The Labute approximate surface area is 536 Å². The van der Waals surface area contributed by atoms with Crippen LogP contribution in [0.5, 0.6) is 0 Å². The molecule has 14 nitrogen and oxygen atoms in total. The van der Waals surface area contributed by atoms with Crippen LogP contribution < -0.4 is 27.4 Å². The lowest BCUT2D eigenvalue weighted by molar-refractivity contribution is -0.647. The zero-order chi connectivity index (χ0) is 62.7. The van der Waals surface area contributed by atoms with Crippen LogP contribution in [-0.4, -0.2) is 37.4 Å². The van der Waals surface area contributed by atoms with E-state index in [1.807, 2.05) is 47.8 Å². The molecule has 0 spiro atoms. The van der Waals surface area contributed by atoms with Gasteiger partial charge in [0.05, 0.1) is 28.2 Å². The fourth-order valence-corrected chi connectivity index (χ4v) is 13.2. The molecular formula is C79H66N14+6. The van der Waals surface area contributed by atoms with Crippen LogP contribution in [0.3, 0.4) is 0 Å². The molecule has 0 N–H and O–H groups in total. The number of fused-ring (bicyclic) bond motifs is 7. The number of pyridine rings is 2. The molecule has 0 amide bonds. The standard InChI is InChI=1S/C33H26N4.C26H22N4.C20H18N6/c1-25-20-28(36-23-34(26-12-4-2-5-13-26)30-16-8-10-18-32(30)36)22-29(21-25)37-24-35(27-14-6-3-7-15-27)31-17-9-11-19-33(31)37;1-27-17-29(24-13-6-5-12-23(24)27)21-10-7-11-22(16-21)30-18-28(2)25-14-19-8-3-4-9-20(19)15-26(25)30;1-23-13-25(17-8-4-10-21-19(17)23)15-6-3-7-16(12-15)26-14-24(2)20-18(26)9-5-11-22-20/h2-24H,1H3;3-18H,1-2H3;3-14H,1-2H3/q3*+2. The van der Waals surface area contributed by atoms with E-state index in [1.54, 1.807) is 0 Å². The molecule has 0 aliphatic rings. The number of benzene rings is 10. The fraction of sp³-hybridized carbons (Fsp3) is 0.0633. The highest BCUT2D eigenvalue weighted by Gasteiger charge is 2.25. The van der Waals surface area contributed by atoms with Gasteiger partial charge in [0.25, 0.3) is 12.7 Å². The minimum atomic E-state index is 0.958. The van der Waals surface area contributed by atoms with Crippen LogP contribution in [0.25, 0.3) is 123 Å². The van der Waals surface area contributed by atoms with E-state index in [-0.39, 0.29) is 0 Å². The molecule has 0 fully saturated rings. The first kappa shape index (κ1) is 55.9. The molecule has 93 heavy (non-hydrogen) atoms. The number of imidazole rings is 6. The third-order valence-corrected chi connectivity index (χ3v) is 17.6. The minimum Gasteiger partial charge on any atom is -0.236 e. The Bertz CT molecular complexity index is 5610. The molecule has 0 radical (unpaired) electrons.